The van der Waals surface area contributed by atoms with Gasteiger partial charge in [0.05, 0.1) is 0 Å². The second-order valence-electron chi connectivity index (χ2n) is 6.84. The van der Waals surface area contributed by atoms with Crippen molar-refractivity contribution in [2.45, 2.75) is 26.4 Å². The first-order valence-electron chi connectivity index (χ1n) is 8.97. The highest BCUT2D eigenvalue weighted by Gasteiger charge is 2.16. The van der Waals surface area contributed by atoms with Gasteiger partial charge in [0, 0.05) is 19.6 Å². The van der Waals surface area contributed by atoms with E-state index in [-0.39, 0.29) is 0 Å². The summed E-state index contributed by atoms with van der Waals surface area (Å²) in [6, 6.07) is 16.7. The van der Waals surface area contributed by atoms with Gasteiger partial charge in [-0.25, -0.2) is 0 Å². The van der Waals surface area contributed by atoms with Crippen LogP contribution in [-0.4, -0.2) is 42.4 Å². The normalized spacial score (nSPS) is 16.4. The Morgan fingerprint density at radius 3 is 2.64 bits per heavy atom. The molecule has 0 bridgehead atoms. The Labute approximate surface area is 150 Å². The fourth-order valence-corrected chi connectivity index (χ4v) is 3.19. The molecule has 132 valence electrons. The fraction of sp³-hybridized carbons (Fsp3) is 0.364. The van der Waals surface area contributed by atoms with Crippen molar-refractivity contribution in [3.05, 3.63) is 71.3 Å². The molecule has 0 saturated heterocycles. The molecule has 2 aromatic carbocycles. The highest BCUT2D eigenvalue weighted by atomic mass is 16.5. The monoisotopic (exact) mass is 337 g/mol. The standard InChI is InChI=1S/C22H27NO2/c1-17-8-9-18(2)22(14-17)25-16-21(24)15-23-12-10-20(11-13-23)19-6-4-3-5-7-19/h3-10,14,21,24H,11-13,15-16H2,1-2H3. The average molecular weight is 337 g/mol. The first-order chi connectivity index (χ1) is 12.1. The average Bonchev–Trinajstić information content (AvgIpc) is 2.64. The topological polar surface area (TPSA) is 32.7 Å². The van der Waals surface area contributed by atoms with Crippen LogP contribution in [0.5, 0.6) is 5.75 Å². The van der Waals surface area contributed by atoms with E-state index >= 15 is 0 Å². The van der Waals surface area contributed by atoms with Gasteiger partial charge in [-0.3, -0.25) is 4.90 Å². The minimum atomic E-state index is -0.480. The second kappa shape index (κ2) is 8.32. The van der Waals surface area contributed by atoms with E-state index in [0.29, 0.717) is 13.2 Å². The van der Waals surface area contributed by atoms with E-state index in [1.807, 2.05) is 26.0 Å². The molecular formula is C22H27NO2. The van der Waals surface area contributed by atoms with Gasteiger partial charge in [-0.2, -0.15) is 0 Å². The molecule has 3 heteroatoms. The molecule has 1 N–H and O–H groups in total. The molecule has 0 saturated carbocycles. The first-order valence-corrected chi connectivity index (χ1v) is 8.97. The van der Waals surface area contributed by atoms with Gasteiger partial charge in [0.2, 0.25) is 0 Å². The predicted octanol–water partition coefficient (Wildman–Crippen LogP) is 3.83. The summed E-state index contributed by atoms with van der Waals surface area (Å²) < 4.78 is 5.82. The third-order valence-electron chi connectivity index (χ3n) is 4.68. The lowest BCUT2D eigenvalue weighted by Crippen LogP contribution is -2.38. The summed E-state index contributed by atoms with van der Waals surface area (Å²) in [6.45, 7) is 6.90. The van der Waals surface area contributed by atoms with E-state index in [2.05, 4.69) is 47.4 Å². The van der Waals surface area contributed by atoms with Gasteiger partial charge in [0.1, 0.15) is 18.5 Å². The lowest BCUT2D eigenvalue weighted by atomic mass is 9.99. The quantitative estimate of drug-likeness (QED) is 0.869. The summed E-state index contributed by atoms with van der Waals surface area (Å²) in [5.74, 6) is 0.865. The Balaban J connectivity index is 1.48. The van der Waals surface area contributed by atoms with Crippen molar-refractivity contribution < 1.29 is 9.84 Å². The van der Waals surface area contributed by atoms with Gasteiger partial charge >= 0.3 is 0 Å². The van der Waals surface area contributed by atoms with Crippen LogP contribution in [0.1, 0.15) is 23.1 Å². The third-order valence-corrected chi connectivity index (χ3v) is 4.68. The zero-order valence-corrected chi connectivity index (χ0v) is 15.1. The maximum Gasteiger partial charge on any atom is 0.122 e. The van der Waals surface area contributed by atoms with Gasteiger partial charge in [-0.1, -0.05) is 48.5 Å². The van der Waals surface area contributed by atoms with Crippen LogP contribution in [0.4, 0.5) is 0 Å². The zero-order valence-electron chi connectivity index (χ0n) is 15.1. The van der Waals surface area contributed by atoms with Gasteiger partial charge in [-0.05, 0) is 48.6 Å². The molecule has 1 aliphatic heterocycles. The number of aliphatic hydroxyl groups excluding tert-OH is 1. The summed E-state index contributed by atoms with van der Waals surface area (Å²) >= 11 is 0. The smallest absolute Gasteiger partial charge is 0.122 e. The first kappa shape index (κ1) is 17.7. The van der Waals surface area contributed by atoms with E-state index in [1.54, 1.807) is 0 Å². The van der Waals surface area contributed by atoms with Gasteiger partial charge < -0.3 is 9.84 Å². The lowest BCUT2D eigenvalue weighted by Gasteiger charge is -2.28. The van der Waals surface area contributed by atoms with Crippen molar-refractivity contribution in [1.82, 2.24) is 4.90 Å². The van der Waals surface area contributed by atoms with Gasteiger partial charge in [0.15, 0.2) is 0 Å². The van der Waals surface area contributed by atoms with Crippen LogP contribution >= 0.6 is 0 Å². The Bertz CT molecular complexity index is 724. The Hall–Kier alpha value is -2.10. The molecule has 0 spiro atoms. The number of ether oxygens (including phenoxy) is 1. The molecule has 25 heavy (non-hydrogen) atoms. The highest BCUT2D eigenvalue weighted by molar-refractivity contribution is 5.66. The molecule has 3 rings (SSSR count). The molecule has 0 amide bonds. The van der Waals surface area contributed by atoms with Crippen molar-refractivity contribution in [3.63, 3.8) is 0 Å². The maximum absolute atomic E-state index is 10.3. The minimum absolute atomic E-state index is 0.329. The summed E-state index contributed by atoms with van der Waals surface area (Å²) in [5.41, 5.74) is 4.98. The number of aliphatic hydroxyl groups is 1. The number of hydrogen-bond donors (Lipinski definition) is 1. The van der Waals surface area contributed by atoms with Gasteiger partial charge in [-0.15, -0.1) is 0 Å². The summed E-state index contributed by atoms with van der Waals surface area (Å²) in [7, 11) is 0. The maximum atomic E-state index is 10.3. The van der Waals surface area contributed by atoms with Crippen LogP contribution in [0.2, 0.25) is 0 Å². The molecule has 1 atom stereocenters. The molecule has 1 aliphatic rings. The fourth-order valence-electron chi connectivity index (χ4n) is 3.19. The zero-order chi connectivity index (χ0) is 17.6. The van der Waals surface area contributed by atoms with E-state index in [0.717, 1.165) is 30.8 Å². The molecule has 0 aliphatic carbocycles. The SMILES string of the molecule is Cc1ccc(C)c(OCC(O)CN2CC=C(c3ccccc3)CC2)c1. The van der Waals surface area contributed by atoms with Crippen LogP contribution in [0.3, 0.4) is 0 Å². The second-order valence-corrected chi connectivity index (χ2v) is 6.84. The lowest BCUT2D eigenvalue weighted by molar-refractivity contribution is 0.0714. The summed E-state index contributed by atoms with van der Waals surface area (Å²) in [5, 5.41) is 10.3. The molecular weight excluding hydrogens is 310 g/mol. The van der Waals surface area contributed by atoms with Gasteiger partial charge in [0.25, 0.3) is 0 Å². The molecule has 1 unspecified atom stereocenters. The largest absolute Gasteiger partial charge is 0.491 e. The highest BCUT2D eigenvalue weighted by Crippen LogP contribution is 2.22. The van der Waals surface area contributed by atoms with Crippen LogP contribution in [0.15, 0.2) is 54.6 Å². The van der Waals surface area contributed by atoms with Crippen LogP contribution < -0.4 is 4.74 Å². The van der Waals surface area contributed by atoms with Crippen molar-refractivity contribution in [1.29, 1.82) is 0 Å². The van der Waals surface area contributed by atoms with E-state index in [9.17, 15) is 5.11 Å². The van der Waals surface area contributed by atoms with E-state index < -0.39 is 6.10 Å². The van der Waals surface area contributed by atoms with E-state index in [4.69, 9.17) is 4.74 Å². The number of nitrogens with zero attached hydrogens (tertiary/aromatic N) is 1. The third kappa shape index (κ3) is 4.94. The van der Waals surface area contributed by atoms with Crippen LogP contribution in [0, 0.1) is 13.8 Å². The van der Waals surface area contributed by atoms with E-state index in [1.165, 1.54) is 16.7 Å². The Kier molecular flexibility index (Phi) is 5.90. The van der Waals surface area contributed by atoms with Crippen molar-refractivity contribution in [3.8, 4) is 5.75 Å². The molecule has 1 heterocycles. The van der Waals surface area contributed by atoms with Crippen LogP contribution in [-0.2, 0) is 0 Å². The van der Waals surface area contributed by atoms with Crippen LogP contribution in [0.25, 0.3) is 5.57 Å². The molecule has 3 nitrogen and oxygen atoms in total. The minimum Gasteiger partial charge on any atom is -0.491 e. The Morgan fingerprint density at radius 1 is 1.12 bits per heavy atom. The van der Waals surface area contributed by atoms with Crippen molar-refractivity contribution in [2.75, 3.05) is 26.2 Å². The molecule has 2 aromatic rings. The summed E-state index contributed by atoms with van der Waals surface area (Å²) in [4.78, 5) is 2.28. The van der Waals surface area contributed by atoms with Crippen molar-refractivity contribution >= 4 is 5.57 Å². The summed E-state index contributed by atoms with van der Waals surface area (Å²) in [6.07, 6.45) is 2.82. The predicted molar refractivity (Wildman–Crippen MR) is 103 cm³/mol. The number of benzene rings is 2. The number of rotatable bonds is 6. The number of aryl methyl sites for hydroxylation is 2. The molecule has 0 fully saturated rings. The molecule has 0 aromatic heterocycles. The molecule has 0 radical (unpaired) electrons. The number of hydrogen-bond acceptors (Lipinski definition) is 3. The van der Waals surface area contributed by atoms with Crippen molar-refractivity contribution in [2.24, 2.45) is 0 Å². The number of β-amino-alcohol motifs (C(OH)–C–C–N with tert-alkyl or cyclic N) is 1. The Morgan fingerprint density at radius 2 is 1.92 bits per heavy atom.